The lowest BCUT2D eigenvalue weighted by Gasteiger charge is -2.29. The highest BCUT2D eigenvalue weighted by Crippen LogP contribution is 2.39. The number of benzene rings is 3. The van der Waals surface area contributed by atoms with Crippen molar-refractivity contribution in [2.24, 2.45) is 11.3 Å². The van der Waals surface area contributed by atoms with Crippen molar-refractivity contribution < 1.29 is 23.7 Å². The Hall–Kier alpha value is -4.33. The zero-order valence-corrected chi connectivity index (χ0v) is 31.5. The van der Waals surface area contributed by atoms with Crippen LogP contribution in [0.4, 0.5) is 0 Å². The van der Waals surface area contributed by atoms with Crippen LogP contribution in [-0.2, 0) is 29.3 Å². The molecular weight excluding hydrogens is 699 g/mol. The first-order chi connectivity index (χ1) is 25.0. The number of carbonyl (C=O) groups is 1. The zero-order valence-electron chi connectivity index (χ0n) is 30.0. The number of nitrogens with zero attached hydrogens (tertiary/aromatic N) is 3. The van der Waals surface area contributed by atoms with E-state index in [1.54, 1.807) is 24.4 Å². The van der Waals surface area contributed by atoms with E-state index in [0.29, 0.717) is 58.5 Å². The van der Waals surface area contributed by atoms with Crippen molar-refractivity contribution in [3.8, 4) is 34.4 Å². The molecule has 6 rings (SSSR count). The van der Waals surface area contributed by atoms with Crippen LogP contribution in [0, 0.1) is 29.6 Å². The number of rotatable bonds is 13. The highest BCUT2D eigenvalue weighted by atomic mass is 35.5. The van der Waals surface area contributed by atoms with Gasteiger partial charge in [-0.2, -0.15) is 5.26 Å². The van der Waals surface area contributed by atoms with Crippen molar-refractivity contribution in [3.05, 3.63) is 105 Å². The molecule has 2 aliphatic heterocycles. The Morgan fingerprint density at radius 3 is 2.56 bits per heavy atom. The van der Waals surface area contributed by atoms with Crippen LogP contribution in [0.25, 0.3) is 11.1 Å². The Morgan fingerprint density at radius 1 is 1.00 bits per heavy atom. The molecule has 3 heterocycles. The van der Waals surface area contributed by atoms with E-state index < -0.39 is 6.04 Å². The minimum atomic E-state index is -0.485. The summed E-state index contributed by atoms with van der Waals surface area (Å²) in [5.41, 5.74) is 5.43. The molecule has 4 aromatic rings. The molecule has 1 N–H and O–H groups in total. The molecule has 1 aromatic heterocycles. The maximum atomic E-state index is 12.5. The first kappa shape index (κ1) is 37.4. The summed E-state index contributed by atoms with van der Waals surface area (Å²) in [6, 6.07) is 18.9. The lowest BCUT2D eigenvalue weighted by atomic mass is 9.87. The monoisotopic (exact) mass is 742 g/mol. The first-order valence-electron chi connectivity index (χ1n) is 17.5. The number of halogens is 2. The van der Waals surface area contributed by atoms with Crippen LogP contribution in [0.2, 0.25) is 10.0 Å². The molecule has 0 amide bonds. The van der Waals surface area contributed by atoms with Crippen LogP contribution < -0.4 is 19.5 Å². The van der Waals surface area contributed by atoms with Crippen LogP contribution >= 0.6 is 23.2 Å². The summed E-state index contributed by atoms with van der Waals surface area (Å²) in [6.07, 6.45) is 5.49. The first-order valence-corrected chi connectivity index (χ1v) is 18.3. The number of ether oxygens (including phenoxy) is 4. The van der Waals surface area contributed by atoms with Crippen molar-refractivity contribution in [2.45, 2.75) is 59.4 Å². The number of pyridine rings is 1. The molecular formula is C41H44Cl2N4O5. The number of esters is 1. The second kappa shape index (κ2) is 16.6. The fraction of sp³-hybridized carbons (Fsp3) is 0.390. The SMILES string of the molecule is Cc1c(COc2cc(OCc3cncc(C#N)c3)c(CNC3C(=O)OCC3(C)C)cc2Cl)cccc1-c1cccc(OCC2CCCN(C)C2)c1Cl. The summed E-state index contributed by atoms with van der Waals surface area (Å²) in [5.74, 6) is 1.84. The summed E-state index contributed by atoms with van der Waals surface area (Å²) < 4.78 is 24.2. The molecule has 0 aliphatic carbocycles. The van der Waals surface area contributed by atoms with Gasteiger partial charge in [0.25, 0.3) is 0 Å². The van der Waals surface area contributed by atoms with E-state index in [9.17, 15) is 10.1 Å². The van der Waals surface area contributed by atoms with Gasteiger partial charge in [-0.3, -0.25) is 15.1 Å². The second-order valence-corrected chi connectivity index (χ2v) is 15.1. The fourth-order valence-corrected chi connectivity index (χ4v) is 7.32. The number of cyclic esters (lactones) is 1. The van der Waals surface area contributed by atoms with Gasteiger partial charge < -0.3 is 23.8 Å². The molecule has 2 aliphatic rings. The molecule has 2 unspecified atom stereocenters. The molecule has 0 bridgehead atoms. The minimum Gasteiger partial charge on any atom is -0.492 e. The molecule has 272 valence electrons. The van der Waals surface area contributed by atoms with Gasteiger partial charge in [-0.05, 0) is 68.2 Å². The standard InChI is InChI=1S/C41H44Cl2N4O5/c1-26-30(9-5-10-32(26)33-11-6-12-35(38(33)43)49-22-27-8-7-13-47(4)21-27)24-51-37-16-36(50-23-29-14-28(17-44)18-45-19-29)31(15-34(37)42)20-46-39-40(48)52-25-41(39,2)3/h5-6,9-12,14-16,18-19,27,39,46H,7-8,13,20-25H2,1-4H3. The Morgan fingerprint density at radius 2 is 1.79 bits per heavy atom. The third kappa shape index (κ3) is 8.82. The molecule has 2 atom stereocenters. The average molecular weight is 744 g/mol. The van der Waals surface area contributed by atoms with E-state index in [1.807, 2.05) is 44.2 Å². The Kier molecular flexibility index (Phi) is 11.9. The third-order valence-corrected chi connectivity index (χ3v) is 10.5. The molecule has 0 saturated carbocycles. The molecule has 9 nitrogen and oxygen atoms in total. The fourth-order valence-electron chi connectivity index (χ4n) is 6.80. The third-order valence-electron chi connectivity index (χ3n) is 9.81. The van der Waals surface area contributed by atoms with Crippen molar-refractivity contribution >= 4 is 29.2 Å². The summed E-state index contributed by atoms with van der Waals surface area (Å²) >= 11 is 13.8. The van der Waals surface area contributed by atoms with Gasteiger partial charge in [0.15, 0.2) is 0 Å². The molecule has 0 spiro atoms. The van der Waals surface area contributed by atoms with E-state index in [0.717, 1.165) is 52.9 Å². The molecule has 3 aromatic carbocycles. The quantitative estimate of drug-likeness (QED) is 0.136. The lowest BCUT2D eigenvalue weighted by Crippen LogP contribution is -2.42. The van der Waals surface area contributed by atoms with E-state index in [4.69, 9.17) is 42.1 Å². The number of hydrogen-bond donors (Lipinski definition) is 1. The molecule has 2 saturated heterocycles. The number of carbonyl (C=O) groups excluding carboxylic acids is 1. The summed E-state index contributed by atoms with van der Waals surface area (Å²) in [5, 5.41) is 13.6. The van der Waals surface area contributed by atoms with Gasteiger partial charge in [-0.15, -0.1) is 0 Å². The minimum absolute atomic E-state index is 0.163. The second-order valence-electron chi connectivity index (χ2n) is 14.4. The van der Waals surface area contributed by atoms with Gasteiger partial charge in [-0.25, -0.2) is 0 Å². The lowest BCUT2D eigenvalue weighted by molar-refractivity contribution is -0.139. The van der Waals surface area contributed by atoms with E-state index >= 15 is 0 Å². The van der Waals surface area contributed by atoms with Gasteiger partial charge >= 0.3 is 5.97 Å². The number of aromatic nitrogens is 1. The number of nitrogens with one attached hydrogen (secondary N) is 1. The summed E-state index contributed by atoms with van der Waals surface area (Å²) in [6.45, 7) is 9.87. The van der Waals surface area contributed by atoms with Crippen molar-refractivity contribution in [1.29, 1.82) is 5.26 Å². The smallest absolute Gasteiger partial charge is 0.323 e. The van der Waals surface area contributed by atoms with Gasteiger partial charge in [0.05, 0.1) is 28.8 Å². The average Bonchev–Trinajstić information content (AvgIpc) is 3.40. The highest BCUT2D eigenvalue weighted by Gasteiger charge is 2.43. The number of hydrogen-bond acceptors (Lipinski definition) is 9. The summed E-state index contributed by atoms with van der Waals surface area (Å²) in [4.78, 5) is 19.0. The predicted molar refractivity (Wildman–Crippen MR) is 202 cm³/mol. The Labute approximate surface area is 315 Å². The van der Waals surface area contributed by atoms with Gasteiger partial charge in [0, 0.05) is 59.6 Å². The van der Waals surface area contributed by atoms with E-state index in [2.05, 4.69) is 41.3 Å². The van der Waals surface area contributed by atoms with E-state index in [-0.39, 0.29) is 24.6 Å². The zero-order chi connectivity index (χ0) is 36.8. The van der Waals surface area contributed by atoms with Crippen molar-refractivity contribution in [1.82, 2.24) is 15.2 Å². The maximum absolute atomic E-state index is 12.5. The highest BCUT2D eigenvalue weighted by molar-refractivity contribution is 6.35. The topological polar surface area (TPSA) is 106 Å². The van der Waals surface area contributed by atoms with Gasteiger partial charge in [0.1, 0.15) is 42.6 Å². The van der Waals surface area contributed by atoms with E-state index in [1.165, 1.54) is 12.6 Å². The molecule has 2 fully saturated rings. The van der Waals surface area contributed by atoms with Crippen LogP contribution in [-0.4, -0.2) is 55.2 Å². The van der Waals surface area contributed by atoms with Crippen LogP contribution in [0.1, 0.15) is 54.5 Å². The predicted octanol–water partition coefficient (Wildman–Crippen LogP) is 8.16. The van der Waals surface area contributed by atoms with Gasteiger partial charge in [-0.1, -0.05) is 67.4 Å². The normalized spacial score (nSPS) is 18.4. The largest absolute Gasteiger partial charge is 0.492 e. The maximum Gasteiger partial charge on any atom is 0.323 e. The molecule has 52 heavy (non-hydrogen) atoms. The Balaban J connectivity index is 1.20. The van der Waals surface area contributed by atoms with Crippen LogP contribution in [0.15, 0.2) is 67.0 Å². The number of piperidine rings is 1. The Bertz CT molecular complexity index is 1960. The van der Waals surface area contributed by atoms with Crippen LogP contribution in [0.5, 0.6) is 17.2 Å². The number of nitriles is 1. The van der Waals surface area contributed by atoms with Gasteiger partial charge in [0.2, 0.25) is 0 Å². The van der Waals surface area contributed by atoms with Crippen LogP contribution in [0.3, 0.4) is 0 Å². The number of likely N-dealkylation sites (tertiary alicyclic amines) is 1. The molecule has 11 heteroatoms. The molecule has 0 radical (unpaired) electrons. The van der Waals surface area contributed by atoms with Crippen molar-refractivity contribution in [2.75, 3.05) is 33.4 Å². The summed E-state index contributed by atoms with van der Waals surface area (Å²) in [7, 11) is 2.15. The van der Waals surface area contributed by atoms with Crippen molar-refractivity contribution in [3.63, 3.8) is 0 Å².